The zero-order chi connectivity index (χ0) is 27.9. The van der Waals surface area contributed by atoms with Gasteiger partial charge in [-0.1, -0.05) is 0 Å². The maximum Gasteiger partial charge on any atom is 0.413 e. The Balaban J connectivity index is 1.46. The van der Waals surface area contributed by atoms with E-state index in [1.165, 1.54) is 24.5 Å². The van der Waals surface area contributed by atoms with E-state index in [0.717, 1.165) is 0 Å². The second kappa shape index (κ2) is 9.98. The monoisotopic (exact) mass is 549 g/mol. The summed E-state index contributed by atoms with van der Waals surface area (Å²) in [5, 5.41) is 7.84. The molecule has 1 saturated heterocycles. The third kappa shape index (κ3) is 6.05. The van der Waals surface area contributed by atoms with Gasteiger partial charge in [0.05, 0.1) is 24.8 Å². The lowest BCUT2D eigenvalue weighted by Gasteiger charge is -2.38. The van der Waals surface area contributed by atoms with Gasteiger partial charge < -0.3 is 19.8 Å². The average Bonchev–Trinajstić information content (AvgIpc) is 3.37. The van der Waals surface area contributed by atoms with Crippen LogP contribution in [0.1, 0.15) is 27.2 Å². The van der Waals surface area contributed by atoms with Crippen LogP contribution in [0.5, 0.6) is 11.5 Å². The molecule has 4 aromatic rings. The van der Waals surface area contributed by atoms with Gasteiger partial charge in [-0.15, -0.1) is 0 Å². The molecule has 39 heavy (non-hydrogen) atoms. The smallest absolute Gasteiger partial charge is 0.413 e. The predicted molar refractivity (Wildman–Crippen MR) is 134 cm³/mol. The fourth-order valence-electron chi connectivity index (χ4n) is 4.40. The molecule has 0 radical (unpaired) electrons. The van der Waals surface area contributed by atoms with Crippen LogP contribution in [0.2, 0.25) is 0 Å². The van der Waals surface area contributed by atoms with E-state index in [1.54, 1.807) is 15.6 Å². The van der Waals surface area contributed by atoms with Gasteiger partial charge in [-0.2, -0.15) is 13.9 Å². The number of nitrogens with zero attached hydrogens (tertiary/aromatic N) is 5. The first-order valence-corrected chi connectivity index (χ1v) is 12.3. The van der Waals surface area contributed by atoms with Gasteiger partial charge in [0.1, 0.15) is 17.1 Å². The van der Waals surface area contributed by atoms with Crippen molar-refractivity contribution in [2.24, 2.45) is 0 Å². The lowest BCUT2D eigenvalue weighted by Crippen LogP contribution is -2.56. The Morgan fingerprint density at radius 1 is 1.23 bits per heavy atom. The van der Waals surface area contributed by atoms with E-state index in [0.29, 0.717) is 47.4 Å². The number of hydrogen-bond acceptors (Lipinski definition) is 7. The number of aryl methyl sites for hydroxylation is 1. The summed E-state index contributed by atoms with van der Waals surface area (Å²) in [5.41, 5.74) is 1.41. The van der Waals surface area contributed by atoms with Crippen LogP contribution in [0.25, 0.3) is 33.5 Å². The van der Waals surface area contributed by atoms with Gasteiger partial charge in [-0.3, -0.25) is 9.58 Å². The second-order valence-electron chi connectivity index (χ2n) is 10.4. The number of aromatic nitrogens is 5. The minimum atomic E-state index is -3.01. The summed E-state index contributed by atoms with van der Waals surface area (Å²) in [7, 11) is 0. The van der Waals surface area contributed by atoms with Gasteiger partial charge in [-0.05, 0) is 45.4 Å². The molecule has 0 spiro atoms. The first-order chi connectivity index (χ1) is 18.4. The first-order valence-electron chi connectivity index (χ1n) is 12.3. The van der Waals surface area contributed by atoms with Gasteiger partial charge in [0.15, 0.2) is 16.9 Å². The van der Waals surface area contributed by atoms with Crippen molar-refractivity contribution in [2.45, 2.75) is 51.8 Å². The molecule has 2 N–H and O–H groups in total. The van der Waals surface area contributed by atoms with Gasteiger partial charge in [0.25, 0.3) is 5.92 Å². The Bertz CT molecular complexity index is 1500. The quantitative estimate of drug-likeness (QED) is 0.304. The molecule has 1 aromatic carbocycles. The van der Waals surface area contributed by atoms with Crippen molar-refractivity contribution in [1.82, 2.24) is 34.9 Å². The summed E-state index contributed by atoms with van der Waals surface area (Å²) in [6.45, 7) is 2.76. The number of alkyl halides is 4. The predicted octanol–water partition coefficient (Wildman–Crippen LogP) is 4.80. The van der Waals surface area contributed by atoms with Crippen LogP contribution >= 0.6 is 0 Å². The van der Waals surface area contributed by atoms with Crippen LogP contribution < -0.4 is 14.8 Å². The SMILES string of the molecule is CC(C)(C)NC(=O)Oc1c[nH]c2ncc(-c3nn(CCCN4CC(F)(F)C4)c4ccc(OC(F)F)cc34)nc12. The van der Waals surface area contributed by atoms with Gasteiger partial charge >= 0.3 is 12.7 Å². The Morgan fingerprint density at radius 3 is 2.69 bits per heavy atom. The molecule has 1 aliphatic heterocycles. The number of amides is 1. The topological polar surface area (TPSA) is 110 Å². The molecule has 0 bridgehead atoms. The lowest BCUT2D eigenvalue weighted by molar-refractivity contribution is -0.130. The minimum Gasteiger partial charge on any atom is -0.435 e. The number of fused-ring (bicyclic) bond motifs is 2. The summed E-state index contributed by atoms with van der Waals surface area (Å²) >= 11 is 0. The maximum atomic E-state index is 13.2. The fraction of sp³-hybridized carbons (Fsp3) is 0.440. The molecule has 0 saturated carbocycles. The average molecular weight is 550 g/mol. The number of aromatic amines is 1. The third-order valence-corrected chi connectivity index (χ3v) is 5.97. The molecule has 0 atom stereocenters. The summed E-state index contributed by atoms with van der Waals surface area (Å²) in [6, 6.07) is 4.45. The van der Waals surface area contributed by atoms with Crippen LogP contribution in [-0.2, 0) is 6.54 Å². The van der Waals surface area contributed by atoms with E-state index in [9.17, 15) is 22.4 Å². The van der Waals surface area contributed by atoms with Crippen LogP contribution in [0.3, 0.4) is 0 Å². The molecule has 1 fully saturated rings. The van der Waals surface area contributed by atoms with Crippen molar-refractivity contribution in [1.29, 1.82) is 0 Å². The lowest BCUT2D eigenvalue weighted by atomic mass is 10.1. The Morgan fingerprint density at radius 2 is 2.00 bits per heavy atom. The molecule has 14 heteroatoms. The maximum absolute atomic E-state index is 13.2. The Labute approximate surface area is 220 Å². The van der Waals surface area contributed by atoms with Crippen LogP contribution in [0.15, 0.2) is 30.6 Å². The normalized spacial score (nSPS) is 15.6. The van der Waals surface area contributed by atoms with Gasteiger partial charge in [0.2, 0.25) is 0 Å². The molecule has 1 amide bonds. The van der Waals surface area contributed by atoms with Crippen molar-refractivity contribution in [2.75, 3.05) is 19.6 Å². The van der Waals surface area contributed by atoms with Crippen molar-refractivity contribution >= 4 is 28.2 Å². The van der Waals surface area contributed by atoms with Crippen LogP contribution in [0.4, 0.5) is 22.4 Å². The summed E-state index contributed by atoms with van der Waals surface area (Å²) in [4.78, 5) is 25.8. The molecule has 208 valence electrons. The minimum absolute atomic E-state index is 0.0559. The highest BCUT2D eigenvalue weighted by molar-refractivity contribution is 5.94. The Kier molecular flexibility index (Phi) is 6.83. The number of rotatable bonds is 8. The fourth-order valence-corrected chi connectivity index (χ4v) is 4.40. The molecule has 0 aliphatic carbocycles. The number of halogens is 4. The van der Waals surface area contributed by atoms with Crippen LogP contribution in [0, 0.1) is 0 Å². The number of hydrogen-bond donors (Lipinski definition) is 2. The second-order valence-corrected chi connectivity index (χ2v) is 10.4. The Hall–Kier alpha value is -3.94. The highest BCUT2D eigenvalue weighted by Crippen LogP contribution is 2.33. The molecular formula is C25H27F4N7O3. The molecule has 0 unspecified atom stereocenters. The van der Waals surface area contributed by atoms with E-state index in [-0.39, 0.29) is 30.1 Å². The molecule has 1 aliphatic rings. The van der Waals surface area contributed by atoms with Crippen LogP contribution in [-0.4, -0.2) is 73.4 Å². The first kappa shape index (κ1) is 26.7. The molecule has 3 aromatic heterocycles. The third-order valence-electron chi connectivity index (χ3n) is 5.97. The van der Waals surface area contributed by atoms with Gasteiger partial charge in [0, 0.05) is 30.2 Å². The molecule has 10 nitrogen and oxygen atoms in total. The zero-order valence-electron chi connectivity index (χ0n) is 21.5. The summed E-state index contributed by atoms with van der Waals surface area (Å²) < 4.78 is 63.8. The number of benzene rings is 1. The highest BCUT2D eigenvalue weighted by atomic mass is 19.3. The number of carbonyl (C=O) groups is 1. The number of ether oxygens (including phenoxy) is 2. The standard InChI is InChI=1S/C25H27F4N7O3/c1-24(2,3)33-23(37)39-18-11-31-21-20(18)32-16(10-30-21)19-15-9-14(38-22(26)27)5-6-17(15)36(34-19)8-4-7-35-12-25(28,29)13-35/h5-6,9-11,22H,4,7-8,12-13H2,1-3H3,(H,30,31)(H,33,37). The van der Waals surface area contributed by atoms with Crippen molar-refractivity contribution in [3.63, 3.8) is 0 Å². The molecular weight excluding hydrogens is 522 g/mol. The van der Waals surface area contributed by atoms with Crippen molar-refractivity contribution in [3.05, 3.63) is 30.6 Å². The van der Waals surface area contributed by atoms with E-state index >= 15 is 0 Å². The largest absolute Gasteiger partial charge is 0.435 e. The summed E-state index contributed by atoms with van der Waals surface area (Å²) in [6.07, 6.45) is 2.80. The molecule has 4 heterocycles. The van der Waals surface area contributed by atoms with Gasteiger partial charge in [-0.25, -0.2) is 23.5 Å². The molecule has 5 rings (SSSR count). The van der Waals surface area contributed by atoms with E-state index in [2.05, 4.69) is 30.1 Å². The van der Waals surface area contributed by atoms with Crippen molar-refractivity contribution in [3.8, 4) is 22.9 Å². The zero-order valence-corrected chi connectivity index (χ0v) is 21.5. The summed E-state index contributed by atoms with van der Waals surface area (Å²) in [5.74, 6) is -2.55. The van der Waals surface area contributed by atoms with E-state index in [4.69, 9.17) is 4.74 Å². The number of H-pyrrole nitrogens is 1. The van der Waals surface area contributed by atoms with Crippen molar-refractivity contribution < 1.29 is 31.8 Å². The number of nitrogens with one attached hydrogen (secondary N) is 2. The number of likely N-dealkylation sites (tertiary alicyclic amines) is 1. The number of carbonyl (C=O) groups excluding carboxylic acids is 1. The van der Waals surface area contributed by atoms with E-state index < -0.39 is 24.2 Å². The highest BCUT2D eigenvalue weighted by Gasteiger charge is 2.43. The van der Waals surface area contributed by atoms with E-state index in [1.807, 2.05) is 20.8 Å².